The summed E-state index contributed by atoms with van der Waals surface area (Å²) < 4.78 is 10.4. The molecule has 0 aromatic rings. The lowest BCUT2D eigenvalue weighted by Crippen LogP contribution is -2.42. The summed E-state index contributed by atoms with van der Waals surface area (Å²) in [6.45, 7) is 0. The molecule has 9 nitrogen and oxygen atoms in total. The van der Waals surface area contributed by atoms with Crippen LogP contribution in [0.15, 0.2) is 0 Å². The lowest BCUT2D eigenvalue weighted by molar-refractivity contribution is -0.166. The number of carboxylic acid groups (broad SMARTS) is 2. The second kappa shape index (κ2) is 4.71. The summed E-state index contributed by atoms with van der Waals surface area (Å²) in [5, 5.41) is 26.0. The summed E-state index contributed by atoms with van der Waals surface area (Å²) in [4.78, 5) is 48.3. The van der Waals surface area contributed by atoms with Crippen molar-refractivity contribution < 1.29 is 44.1 Å². The van der Waals surface area contributed by atoms with Crippen molar-refractivity contribution in [2.75, 3.05) is 0 Å². The zero-order chi connectivity index (χ0) is 13.1. The summed E-state index contributed by atoms with van der Waals surface area (Å²) in [5.74, 6) is -3.76. The molecule has 0 amide bonds. The second-order valence-corrected chi connectivity index (χ2v) is 4.61. The minimum atomic E-state index is -5.19. The van der Waals surface area contributed by atoms with Gasteiger partial charge in [0.1, 0.15) is 0 Å². The van der Waals surface area contributed by atoms with E-state index in [0.717, 1.165) is 0 Å². The summed E-state index contributed by atoms with van der Waals surface area (Å²) in [6.07, 6.45) is -2.81. The zero-order valence-corrected chi connectivity index (χ0v) is 8.62. The lowest BCUT2D eigenvalue weighted by atomic mass is 9.96. The first-order valence-electron chi connectivity index (χ1n) is 3.75. The van der Waals surface area contributed by atoms with E-state index in [2.05, 4.69) is 0 Å². The molecule has 0 spiro atoms. The van der Waals surface area contributed by atoms with Gasteiger partial charge in [0.2, 0.25) is 5.52 Å². The molecule has 92 valence electrons. The molecule has 0 heterocycles. The molecule has 0 saturated carbocycles. The third kappa shape index (κ3) is 4.07. The van der Waals surface area contributed by atoms with Crippen LogP contribution in [0, 0.1) is 0 Å². The van der Waals surface area contributed by atoms with Gasteiger partial charge in [-0.25, -0.2) is 4.79 Å². The van der Waals surface area contributed by atoms with Crippen molar-refractivity contribution in [2.24, 2.45) is 0 Å². The maximum atomic E-state index is 10.8. The number of hydrogen-bond acceptors (Lipinski definition) is 5. The summed E-state index contributed by atoms with van der Waals surface area (Å²) in [7, 11) is -5.19. The molecule has 5 N–H and O–H groups in total. The molecule has 0 radical (unpaired) electrons. The fraction of sp³-hybridized carbons (Fsp3) is 0.500. The van der Waals surface area contributed by atoms with E-state index in [1.54, 1.807) is 0 Å². The Hall–Kier alpha value is -1.28. The number of carbonyl (C=O) groups excluding carboxylic acids is 1. The Morgan fingerprint density at radius 3 is 1.75 bits per heavy atom. The van der Waals surface area contributed by atoms with E-state index in [0.29, 0.717) is 0 Å². The molecule has 0 saturated heterocycles. The average Bonchev–Trinajstić information content (AvgIpc) is 1.99. The Balaban J connectivity index is 4.97. The van der Waals surface area contributed by atoms with Crippen LogP contribution < -0.4 is 0 Å². The zero-order valence-electron chi connectivity index (χ0n) is 7.73. The van der Waals surface area contributed by atoms with Crippen LogP contribution >= 0.6 is 7.60 Å². The van der Waals surface area contributed by atoms with E-state index in [1.807, 2.05) is 0 Å². The minimum absolute atomic E-state index is 1.34. The molecule has 0 aliphatic heterocycles. The third-order valence-electron chi connectivity index (χ3n) is 1.61. The molecule has 1 unspecified atom stereocenters. The van der Waals surface area contributed by atoms with Crippen LogP contribution in [0.3, 0.4) is 0 Å². The number of carboxylic acids is 2. The molecule has 0 aromatic carbocycles. The van der Waals surface area contributed by atoms with E-state index in [4.69, 9.17) is 20.0 Å². The van der Waals surface area contributed by atoms with E-state index in [1.165, 1.54) is 0 Å². The van der Waals surface area contributed by atoms with Crippen LogP contribution in [0.2, 0.25) is 0 Å². The maximum Gasteiger partial charge on any atom is 0.391 e. The number of carbonyl (C=O) groups is 3. The van der Waals surface area contributed by atoms with Gasteiger partial charge in [0.15, 0.2) is 5.60 Å². The third-order valence-corrected chi connectivity index (χ3v) is 2.42. The Labute approximate surface area is 88.5 Å². The monoisotopic (exact) mass is 256 g/mol. The SMILES string of the molecule is O=C(O)CC(O)(CC(=O)P(=O)(O)O)C(=O)O. The van der Waals surface area contributed by atoms with Gasteiger partial charge in [0.05, 0.1) is 12.8 Å². The average molecular weight is 256 g/mol. The highest BCUT2D eigenvalue weighted by Gasteiger charge is 2.44. The standard InChI is InChI=1S/C6H9O9P/c7-3(8)1-6(12,5(10)11)2-4(9)16(13,14)15/h12H,1-2H2,(H,7,8)(H,10,11)(H2,13,14,15). The molecule has 0 aliphatic carbocycles. The highest BCUT2D eigenvalue weighted by atomic mass is 31.2. The fourth-order valence-electron chi connectivity index (χ4n) is 0.817. The Morgan fingerprint density at radius 1 is 1.06 bits per heavy atom. The Kier molecular flexibility index (Phi) is 4.33. The molecule has 0 fully saturated rings. The smallest absolute Gasteiger partial charge is 0.391 e. The molecular weight excluding hydrogens is 247 g/mol. The maximum absolute atomic E-state index is 10.8. The van der Waals surface area contributed by atoms with Crippen molar-refractivity contribution in [1.82, 2.24) is 0 Å². The van der Waals surface area contributed by atoms with Crippen molar-refractivity contribution in [1.29, 1.82) is 0 Å². The van der Waals surface area contributed by atoms with Crippen molar-refractivity contribution in [3.8, 4) is 0 Å². The fourth-order valence-corrected chi connectivity index (χ4v) is 1.28. The highest BCUT2D eigenvalue weighted by molar-refractivity contribution is 7.70. The minimum Gasteiger partial charge on any atom is -0.481 e. The van der Waals surface area contributed by atoms with Crippen molar-refractivity contribution >= 4 is 25.1 Å². The molecule has 0 aliphatic rings. The second-order valence-electron chi connectivity index (χ2n) is 3.02. The van der Waals surface area contributed by atoms with E-state index >= 15 is 0 Å². The highest BCUT2D eigenvalue weighted by Crippen LogP contribution is 2.39. The van der Waals surface area contributed by atoms with Crippen LogP contribution in [-0.4, -0.2) is 48.2 Å². The van der Waals surface area contributed by atoms with E-state index in [-0.39, 0.29) is 0 Å². The summed E-state index contributed by atoms with van der Waals surface area (Å²) in [6, 6.07) is 0. The van der Waals surface area contributed by atoms with Crippen molar-refractivity contribution in [2.45, 2.75) is 18.4 Å². The quantitative estimate of drug-likeness (QED) is 0.350. The Morgan fingerprint density at radius 2 is 1.50 bits per heavy atom. The van der Waals surface area contributed by atoms with Crippen LogP contribution in [-0.2, 0) is 18.9 Å². The first kappa shape index (κ1) is 14.7. The molecule has 1 atom stereocenters. The van der Waals surface area contributed by atoms with Crippen molar-refractivity contribution in [3.63, 3.8) is 0 Å². The normalized spacial score (nSPS) is 15.2. The number of rotatable bonds is 6. The van der Waals surface area contributed by atoms with E-state index < -0.39 is 43.5 Å². The van der Waals surface area contributed by atoms with Gasteiger partial charge in [-0.15, -0.1) is 0 Å². The number of hydrogen-bond donors (Lipinski definition) is 5. The first-order valence-corrected chi connectivity index (χ1v) is 5.37. The van der Waals surface area contributed by atoms with Crippen LogP contribution in [0.25, 0.3) is 0 Å². The first-order chi connectivity index (χ1) is 6.99. The molecule has 0 bridgehead atoms. The van der Waals surface area contributed by atoms with Gasteiger partial charge in [0, 0.05) is 0 Å². The van der Waals surface area contributed by atoms with Crippen molar-refractivity contribution in [3.05, 3.63) is 0 Å². The van der Waals surface area contributed by atoms with Crippen LogP contribution in [0.5, 0.6) is 0 Å². The molecular formula is C6H9O9P. The Bertz CT molecular complexity index is 368. The van der Waals surface area contributed by atoms with Gasteiger partial charge in [-0.1, -0.05) is 0 Å². The topological polar surface area (TPSA) is 169 Å². The van der Waals surface area contributed by atoms with Gasteiger partial charge in [-0.2, -0.15) is 0 Å². The number of aliphatic hydroxyl groups is 1. The number of aliphatic carboxylic acids is 2. The van der Waals surface area contributed by atoms with Gasteiger partial charge < -0.3 is 25.1 Å². The van der Waals surface area contributed by atoms with Gasteiger partial charge in [0.25, 0.3) is 0 Å². The van der Waals surface area contributed by atoms with Gasteiger partial charge in [-0.05, 0) is 0 Å². The molecule has 0 aromatic heterocycles. The molecule has 0 rings (SSSR count). The summed E-state index contributed by atoms with van der Waals surface area (Å²) in [5.41, 5.74) is -4.86. The van der Waals surface area contributed by atoms with Gasteiger partial charge >= 0.3 is 19.5 Å². The van der Waals surface area contributed by atoms with E-state index in [9.17, 15) is 24.1 Å². The van der Waals surface area contributed by atoms with Crippen LogP contribution in [0.1, 0.15) is 12.8 Å². The van der Waals surface area contributed by atoms with Crippen LogP contribution in [0.4, 0.5) is 0 Å². The predicted octanol–water partition coefficient (Wildman–Crippen LogP) is -1.63. The molecule has 16 heavy (non-hydrogen) atoms. The largest absolute Gasteiger partial charge is 0.481 e. The molecule has 10 heteroatoms. The van der Waals surface area contributed by atoms with Gasteiger partial charge in [-0.3, -0.25) is 14.2 Å². The predicted molar refractivity (Wildman–Crippen MR) is 46.5 cm³/mol. The lowest BCUT2D eigenvalue weighted by Gasteiger charge is -2.20. The summed E-state index contributed by atoms with van der Waals surface area (Å²) >= 11 is 0.